The van der Waals surface area contributed by atoms with E-state index in [2.05, 4.69) is 10.3 Å². The maximum atomic E-state index is 12.6. The van der Waals surface area contributed by atoms with Crippen molar-refractivity contribution in [3.05, 3.63) is 50.9 Å². The molecule has 152 valence electrons. The van der Waals surface area contributed by atoms with Crippen molar-refractivity contribution >= 4 is 33.1 Å². The summed E-state index contributed by atoms with van der Waals surface area (Å²) >= 11 is 1.64. The molecule has 1 amide bonds. The first-order chi connectivity index (χ1) is 14.1. The third kappa shape index (κ3) is 4.04. The molecule has 2 heterocycles. The number of carbonyl (C=O) groups is 1. The van der Waals surface area contributed by atoms with Crippen LogP contribution in [-0.4, -0.2) is 36.1 Å². The van der Waals surface area contributed by atoms with Crippen molar-refractivity contribution in [3.63, 3.8) is 0 Å². The Balaban J connectivity index is 1.47. The number of amides is 1. The summed E-state index contributed by atoms with van der Waals surface area (Å²) in [5, 5.41) is 3.67. The Kier molecular flexibility index (Phi) is 5.64. The number of methoxy groups -OCH3 is 1. The number of quaternary nitrogens is 1. The van der Waals surface area contributed by atoms with Gasteiger partial charge in [0.15, 0.2) is 12.4 Å². The fourth-order valence-corrected chi connectivity index (χ4v) is 5.13. The van der Waals surface area contributed by atoms with E-state index in [1.165, 1.54) is 10.4 Å². The lowest BCUT2D eigenvalue weighted by Crippen LogP contribution is -3.11. The summed E-state index contributed by atoms with van der Waals surface area (Å²) in [6.45, 7) is 3.52. The standard InChI is InChI=1S/C21H24N4O3S/c1-3-25(12-18(26)22-14-8-4-5-9-15(14)28-2)11-17-23-20(27)19-13-7-6-10-16(13)29-21(19)24-17/h4-5,8-9H,3,6-7,10-12H2,1-2H3,(H,22,26)(H,23,24,27)/p+1. The summed E-state index contributed by atoms with van der Waals surface area (Å²) in [6, 6.07) is 7.33. The summed E-state index contributed by atoms with van der Waals surface area (Å²) in [7, 11) is 1.58. The predicted molar refractivity (Wildman–Crippen MR) is 114 cm³/mol. The molecular weight excluding hydrogens is 388 g/mol. The molecule has 1 aromatic carbocycles. The number of fused-ring (bicyclic) bond motifs is 3. The number of anilines is 1. The number of aryl methyl sites for hydroxylation is 2. The van der Waals surface area contributed by atoms with Gasteiger partial charge in [-0.2, -0.15) is 0 Å². The molecule has 0 fully saturated rings. The summed E-state index contributed by atoms with van der Waals surface area (Å²) in [5.41, 5.74) is 1.77. The van der Waals surface area contributed by atoms with Gasteiger partial charge in [-0.15, -0.1) is 11.3 Å². The van der Waals surface area contributed by atoms with E-state index >= 15 is 0 Å². The number of H-pyrrole nitrogens is 1. The monoisotopic (exact) mass is 413 g/mol. The molecule has 0 radical (unpaired) electrons. The minimum absolute atomic E-state index is 0.0571. The van der Waals surface area contributed by atoms with Gasteiger partial charge >= 0.3 is 0 Å². The molecule has 1 unspecified atom stereocenters. The van der Waals surface area contributed by atoms with E-state index in [4.69, 9.17) is 9.72 Å². The quantitative estimate of drug-likeness (QED) is 0.548. The molecule has 1 aliphatic carbocycles. The lowest BCUT2D eigenvalue weighted by atomic mass is 10.2. The zero-order chi connectivity index (χ0) is 20.4. The van der Waals surface area contributed by atoms with Gasteiger partial charge in [-0.25, -0.2) is 4.98 Å². The first-order valence-electron chi connectivity index (χ1n) is 9.89. The smallest absolute Gasteiger partial charge is 0.279 e. The number of hydrogen-bond donors (Lipinski definition) is 3. The number of nitrogens with zero attached hydrogens (tertiary/aromatic N) is 1. The zero-order valence-corrected chi connectivity index (χ0v) is 17.4. The number of thiophene rings is 1. The second-order valence-corrected chi connectivity index (χ2v) is 8.34. The first-order valence-corrected chi connectivity index (χ1v) is 10.7. The molecule has 7 nitrogen and oxygen atoms in total. The number of rotatable bonds is 7. The van der Waals surface area contributed by atoms with Crippen LogP contribution in [0.5, 0.6) is 5.75 Å². The van der Waals surface area contributed by atoms with Gasteiger partial charge in [0.25, 0.3) is 11.5 Å². The number of aromatic amines is 1. The predicted octanol–water partition coefficient (Wildman–Crippen LogP) is 1.53. The van der Waals surface area contributed by atoms with E-state index in [1.807, 2.05) is 31.2 Å². The maximum absolute atomic E-state index is 12.6. The Morgan fingerprint density at radius 2 is 2.17 bits per heavy atom. The van der Waals surface area contributed by atoms with E-state index in [9.17, 15) is 9.59 Å². The lowest BCUT2D eigenvalue weighted by Gasteiger charge is -2.17. The number of likely N-dealkylation sites (N-methyl/N-ethyl adjacent to an activating group) is 1. The molecule has 0 spiro atoms. The topological polar surface area (TPSA) is 88.5 Å². The average Bonchev–Trinajstić information content (AvgIpc) is 3.28. The summed E-state index contributed by atoms with van der Waals surface area (Å²) in [5.74, 6) is 1.15. The Labute approximate surface area is 172 Å². The molecule has 1 atom stereocenters. The van der Waals surface area contributed by atoms with Gasteiger partial charge in [-0.3, -0.25) is 9.59 Å². The van der Waals surface area contributed by atoms with Crippen molar-refractivity contribution in [2.24, 2.45) is 0 Å². The van der Waals surface area contributed by atoms with E-state index in [0.717, 1.165) is 40.9 Å². The van der Waals surface area contributed by atoms with Gasteiger partial charge in [0.05, 0.1) is 24.7 Å². The molecular formula is C21H25N4O3S+. The minimum atomic E-state index is -0.107. The van der Waals surface area contributed by atoms with Crippen LogP contribution in [0.2, 0.25) is 0 Å². The van der Waals surface area contributed by atoms with E-state index < -0.39 is 0 Å². The van der Waals surface area contributed by atoms with Gasteiger partial charge < -0.3 is 19.9 Å². The van der Waals surface area contributed by atoms with Crippen molar-refractivity contribution in [1.29, 1.82) is 0 Å². The van der Waals surface area contributed by atoms with Crippen LogP contribution in [-0.2, 0) is 24.2 Å². The SMILES string of the molecule is CC[NH+](CC(=O)Nc1ccccc1OC)Cc1nc2sc3c(c2c(=O)[nH]1)CCC3. The van der Waals surface area contributed by atoms with Crippen LogP contribution in [0.1, 0.15) is 29.6 Å². The number of hydrogen-bond acceptors (Lipinski definition) is 5. The highest BCUT2D eigenvalue weighted by molar-refractivity contribution is 7.18. The van der Waals surface area contributed by atoms with Gasteiger partial charge in [0, 0.05) is 4.88 Å². The van der Waals surface area contributed by atoms with Crippen LogP contribution in [0, 0.1) is 0 Å². The van der Waals surface area contributed by atoms with Crippen molar-refractivity contribution in [2.75, 3.05) is 25.5 Å². The van der Waals surface area contributed by atoms with Crippen molar-refractivity contribution in [3.8, 4) is 5.75 Å². The van der Waals surface area contributed by atoms with Crippen LogP contribution in [0.15, 0.2) is 29.1 Å². The molecule has 3 N–H and O–H groups in total. The Morgan fingerprint density at radius 3 is 2.97 bits per heavy atom. The summed E-state index contributed by atoms with van der Waals surface area (Å²) in [4.78, 5) is 35.9. The molecule has 0 saturated heterocycles. The molecule has 4 rings (SSSR count). The van der Waals surface area contributed by atoms with Crippen LogP contribution in [0.25, 0.3) is 10.2 Å². The van der Waals surface area contributed by atoms with E-state index in [-0.39, 0.29) is 18.0 Å². The number of benzene rings is 1. The van der Waals surface area contributed by atoms with Crippen LogP contribution in [0.3, 0.4) is 0 Å². The molecule has 1 aliphatic rings. The second kappa shape index (κ2) is 8.34. The lowest BCUT2D eigenvalue weighted by molar-refractivity contribution is -0.904. The molecule has 0 bridgehead atoms. The third-order valence-electron chi connectivity index (χ3n) is 5.33. The maximum Gasteiger partial charge on any atom is 0.279 e. The zero-order valence-electron chi connectivity index (χ0n) is 16.6. The molecule has 0 aliphatic heterocycles. The van der Waals surface area contributed by atoms with Crippen molar-refractivity contribution in [2.45, 2.75) is 32.7 Å². The Hall–Kier alpha value is -2.71. The molecule has 3 aromatic rings. The van der Waals surface area contributed by atoms with Gasteiger partial charge in [0.2, 0.25) is 0 Å². The van der Waals surface area contributed by atoms with Crippen LogP contribution >= 0.6 is 11.3 Å². The summed E-state index contributed by atoms with van der Waals surface area (Å²) in [6.07, 6.45) is 3.13. The van der Waals surface area contributed by atoms with Gasteiger partial charge in [0.1, 0.15) is 17.1 Å². The average molecular weight is 414 g/mol. The molecule has 29 heavy (non-hydrogen) atoms. The summed E-state index contributed by atoms with van der Waals surface area (Å²) < 4.78 is 5.28. The van der Waals surface area contributed by atoms with Gasteiger partial charge in [-0.05, 0) is 43.9 Å². The third-order valence-corrected chi connectivity index (χ3v) is 6.52. The first kappa shape index (κ1) is 19.6. The van der Waals surface area contributed by atoms with Crippen LogP contribution < -0.4 is 20.5 Å². The number of nitrogens with one attached hydrogen (secondary N) is 3. The fourth-order valence-electron chi connectivity index (χ4n) is 3.85. The highest BCUT2D eigenvalue weighted by Crippen LogP contribution is 2.34. The minimum Gasteiger partial charge on any atom is -0.495 e. The van der Waals surface area contributed by atoms with E-state index in [0.29, 0.717) is 23.8 Å². The van der Waals surface area contributed by atoms with Crippen LogP contribution in [0.4, 0.5) is 5.69 Å². The highest BCUT2D eigenvalue weighted by Gasteiger charge is 2.22. The van der Waals surface area contributed by atoms with Gasteiger partial charge in [-0.1, -0.05) is 12.1 Å². The number of ether oxygens (including phenoxy) is 1. The second-order valence-electron chi connectivity index (χ2n) is 7.26. The normalized spacial score (nSPS) is 14.0. The van der Waals surface area contributed by atoms with Crippen molar-refractivity contribution < 1.29 is 14.4 Å². The van der Waals surface area contributed by atoms with E-state index in [1.54, 1.807) is 18.4 Å². The van der Waals surface area contributed by atoms with Crippen molar-refractivity contribution in [1.82, 2.24) is 9.97 Å². The molecule has 2 aromatic heterocycles. The number of carbonyl (C=O) groups excluding carboxylic acids is 1. The largest absolute Gasteiger partial charge is 0.495 e. The number of aromatic nitrogens is 2. The molecule has 0 saturated carbocycles. The Bertz CT molecular complexity index is 1100. The molecule has 8 heteroatoms. The fraction of sp³-hybridized carbons (Fsp3) is 0.381. The Morgan fingerprint density at radius 1 is 1.34 bits per heavy atom. The number of para-hydroxylation sites is 2. The highest BCUT2D eigenvalue weighted by atomic mass is 32.1.